The van der Waals surface area contributed by atoms with Crippen molar-refractivity contribution in [1.82, 2.24) is 4.90 Å². The van der Waals surface area contributed by atoms with E-state index in [2.05, 4.69) is 24.9 Å². The zero-order valence-corrected chi connectivity index (χ0v) is 12.9. The predicted octanol–water partition coefficient (Wildman–Crippen LogP) is 2.92. The Hall–Kier alpha value is -0.770. The van der Waals surface area contributed by atoms with E-state index in [-0.39, 0.29) is 0 Å². The Balaban J connectivity index is 2.45. The van der Waals surface area contributed by atoms with Gasteiger partial charge in [0.25, 0.3) is 0 Å². The molecule has 0 aromatic heterocycles. The Morgan fingerprint density at radius 1 is 1.47 bits per heavy atom. The Kier molecular flexibility index (Phi) is 4.39. The third-order valence-electron chi connectivity index (χ3n) is 4.29. The minimum absolute atomic E-state index is 0.347. The van der Waals surface area contributed by atoms with E-state index in [0.717, 1.165) is 35.8 Å². The van der Waals surface area contributed by atoms with E-state index in [1.807, 2.05) is 6.92 Å². The van der Waals surface area contributed by atoms with Crippen LogP contribution in [0.25, 0.3) is 0 Å². The summed E-state index contributed by atoms with van der Waals surface area (Å²) >= 11 is 6.43. The van der Waals surface area contributed by atoms with Crippen LogP contribution in [0.4, 0.5) is 0 Å². The van der Waals surface area contributed by atoms with Gasteiger partial charge in [-0.3, -0.25) is 4.90 Å². The quantitative estimate of drug-likeness (QED) is 0.926. The maximum atomic E-state index is 6.43. The first-order chi connectivity index (χ1) is 8.99. The van der Waals surface area contributed by atoms with E-state index >= 15 is 0 Å². The van der Waals surface area contributed by atoms with Crippen LogP contribution in [0.3, 0.4) is 0 Å². The molecule has 2 atom stereocenters. The Bertz CT molecular complexity index is 476. The van der Waals surface area contributed by atoms with Crippen LogP contribution in [0.15, 0.2) is 6.07 Å². The predicted molar refractivity (Wildman–Crippen MR) is 80.0 cm³/mol. The number of halogens is 1. The molecule has 3 nitrogen and oxygen atoms in total. The second-order valence-corrected chi connectivity index (χ2v) is 5.93. The van der Waals surface area contributed by atoms with Crippen molar-refractivity contribution >= 4 is 11.6 Å². The molecule has 19 heavy (non-hydrogen) atoms. The van der Waals surface area contributed by atoms with Crippen molar-refractivity contribution in [3.63, 3.8) is 0 Å². The lowest BCUT2D eigenvalue weighted by molar-refractivity contribution is 0.303. The molecular formula is C15H23ClN2O. The molecule has 0 bridgehead atoms. The van der Waals surface area contributed by atoms with Gasteiger partial charge in [0.2, 0.25) is 0 Å². The van der Waals surface area contributed by atoms with Crippen molar-refractivity contribution < 1.29 is 4.74 Å². The smallest absolute Gasteiger partial charge is 0.142 e. The van der Waals surface area contributed by atoms with Gasteiger partial charge in [0.15, 0.2) is 0 Å². The number of benzene rings is 1. The molecule has 1 aliphatic rings. The fraction of sp³-hybridized carbons (Fsp3) is 0.600. The minimum atomic E-state index is 0.347. The van der Waals surface area contributed by atoms with Crippen LogP contribution in [-0.4, -0.2) is 32.1 Å². The van der Waals surface area contributed by atoms with Gasteiger partial charge >= 0.3 is 0 Å². The topological polar surface area (TPSA) is 38.5 Å². The maximum Gasteiger partial charge on any atom is 0.142 e. The molecule has 2 N–H and O–H groups in total. The zero-order chi connectivity index (χ0) is 14.2. The first-order valence-corrected chi connectivity index (χ1v) is 7.11. The second-order valence-electron chi connectivity index (χ2n) is 5.55. The number of hydrogen-bond donors (Lipinski definition) is 1. The highest BCUT2D eigenvalue weighted by molar-refractivity contribution is 6.33. The number of rotatable bonds is 3. The summed E-state index contributed by atoms with van der Waals surface area (Å²) in [6.07, 6.45) is 1.07. The van der Waals surface area contributed by atoms with Gasteiger partial charge in [0, 0.05) is 18.2 Å². The molecule has 4 heteroatoms. The van der Waals surface area contributed by atoms with Crippen LogP contribution in [-0.2, 0) is 0 Å². The van der Waals surface area contributed by atoms with Crippen molar-refractivity contribution in [2.75, 3.05) is 27.2 Å². The Morgan fingerprint density at radius 2 is 2.16 bits per heavy atom. The molecule has 1 aromatic carbocycles. The SMILES string of the molecule is COc1c(C2CC(CN)CN2C)cc(C)c(C)c1Cl. The molecule has 0 radical (unpaired) electrons. The lowest BCUT2D eigenvalue weighted by Crippen LogP contribution is -2.21. The Morgan fingerprint density at radius 3 is 2.68 bits per heavy atom. The first-order valence-electron chi connectivity index (χ1n) is 6.73. The molecule has 1 aromatic rings. The molecule has 1 saturated heterocycles. The normalized spacial score (nSPS) is 23.9. The van der Waals surface area contributed by atoms with Crippen LogP contribution >= 0.6 is 11.6 Å². The summed E-state index contributed by atoms with van der Waals surface area (Å²) in [5, 5.41) is 0.738. The fourth-order valence-corrected chi connectivity index (χ4v) is 3.31. The number of aryl methyl sites for hydroxylation is 1. The molecular weight excluding hydrogens is 260 g/mol. The molecule has 0 spiro atoms. The van der Waals surface area contributed by atoms with Gasteiger partial charge in [-0.05, 0) is 50.9 Å². The lowest BCUT2D eigenvalue weighted by Gasteiger charge is -2.24. The number of methoxy groups -OCH3 is 1. The third kappa shape index (κ3) is 2.60. The van der Waals surface area contributed by atoms with E-state index in [1.165, 1.54) is 11.1 Å². The average Bonchev–Trinajstić information content (AvgIpc) is 2.77. The van der Waals surface area contributed by atoms with Gasteiger partial charge in [-0.25, -0.2) is 0 Å². The second kappa shape index (κ2) is 5.70. The van der Waals surface area contributed by atoms with Crippen LogP contribution in [0, 0.1) is 19.8 Å². The van der Waals surface area contributed by atoms with Gasteiger partial charge in [-0.15, -0.1) is 0 Å². The van der Waals surface area contributed by atoms with Crippen LogP contribution in [0.5, 0.6) is 5.75 Å². The first kappa shape index (κ1) is 14.6. The summed E-state index contributed by atoms with van der Waals surface area (Å²) < 4.78 is 5.55. The molecule has 0 aliphatic carbocycles. The van der Waals surface area contributed by atoms with Gasteiger partial charge in [-0.1, -0.05) is 17.7 Å². The summed E-state index contributed by atoms with van der Waals surface area (Å²) in [7, 11) is 3.83. The molecule has 106 valence electrons. The average molecular weight is 283 g/mol. The van der Waals surface area contributed by atoms with E-state index in [1.54, 1.807) is 7.11 Å². The van der Waals surface area contributed by atoms with Gasteiger partial charge in [0.1, 0.15) is 5.75 Å². The summed E-state index contributed by atoms with van der Waals surface area (Å²) in [4.78, 5) is 2.35. The van der Waals surface area contributed by atoms with Crippen LogP contribution in [0.2, 0.25) is 5.02 Å². The summed E-state index contributed by atoms with van der Waals surface area (Å²) in [6, 6.07) is 2.56. The lowest BCUT2D eigenvalue weighted by atomic mass is 9.95. The molecule has 1 fully saturated rings. The molecule has 1 heterocycles. The van der Waals surface area contributed by atoms with Gasteiger partial charge in [-0.2, -0.15) is 0 Å². The largest absolute Gasteiger partial charge is 0.495 e. The van der Waals surface area contributed by atoms with Crippen LogP contribution in [0.1, 0.15) is 29.2 Å². The zero-order valence-electron chi connectivity index (χ0n) is 12.2. The minimum Gasteiger partial charge on any atom is -0.495 e. The van der Waals surface area contributed by atoms with Crippen molar-refractivity contribution in [2.45, 2.75) is 26.3 Å². The van der Waals surface area contributed by atoms with E-state index in [9.17, 15) is 0 Å². The molecule has 1 aliphatic heterocycles. The number of nitrogens with two attached hydrogens (primary N) is 1. The highest BCUT2D eigenvalue weighted by Crippen LogP contribution is 2.43. The molecule has 0 amide bonds. The summed E-state index contributed by atoms with van der Waals surface area (Å²) in [5.41, 5.74) is 9.30. The third-order valence-corrected chi connectivity index (χ3v) is 4.74. The van der Waals surface area contributed by atoms with Crippen molar-refractivity contribution in [2.24, 2.45) is 11.7 Å². The van der Waals surface area contributed by atoms with Crippen molar-refractivity contribution in [3.8, 4) is 5.75 Å². The monoisotopic (exact) mass is 282 g/mol. The number of nitrogens with zero attached hydrogens (tertiary/aromatic N) is 1. The van der Waals surface area contributed by atoms with Gasteiger partial charge < -0.3 is 10.5 Å². The summed E-state index contributed by atoms with van der Waals surface area (Å²) in [6.45, 7) is 5.90. The maximum absolute atomic E-state index is 6.43. The van der Waals surface area contributed by atoms with Crippen LogP contribution < -0.4 is 10.5 Å². The molecule has 2 unspecified atom stereocenters. The highest BCUT2D eigenvalue weighted by Gasteiger charge is 2.32. The van der Waals surface area contributed by atoms with Crippen molar-refractivity contribution in [1.29, 1.82) is 0 Å². The summed E-state index contributed by atoms with van der Waals surface area (Å²) in [5.74, 6) is 1.37. The number of hydrogen-bond acceptors (Lipinski definition) is 3. The molecule has 2 rings (SSSR count). The Labute approximate surface area is 120 Å². The fourth-order valence-electron chi connectivity index (χ4n) is 2.97. The standard InChI is InChI=1S/C15H23ClN2O/c1-9-5-12(15(19-4)14(16)10(9)2)13-6-11(7-17)8-18(13)3/h5,11,13H,6-8,17H2,1-4H3. The van der Waals surface area contributed by atoms with E-state index < -0.39 is 0 Å². The highest BCUT2D eigenvalue weighted by atomic mass is 35.5. The van der Waals surface area contributed by atoms with E-state index in [0.29, 0.717) is 12.0 Å². The van der Waals surface area contributed by atoms with E-state index in [4.69, 9.17) is 22.1 Å². The number of likely N-dealkylation sites (tertiary alicyclic amines) is 1. The molecule has 0 saturated carbocycles. The van der Waals surface area contributed by atoms with Crippen molar-refractivity contribution in [3.05, 3.63) is 27.8 Å². The van der Waals surface area contributed by atoms with Gasteiger partial charge in [0.05, 0.1) is 12.1 Å². The number of ether oxygens (including phenoxy) is 1.